The molecule has 28 heavy (non-hydrogen) atoms. The highest BCUT2D eigenvalue weighted by molar-refractivity contribution is 7.99. The maximum atomic E-state index is 6.10. The summed E-state index contributed by atoms with van der Waals surface area (Å²) in [5, 5.41) is 0.719. The first-order valence-corrected chi connectivity index (χ1v) is 10.1. The number of H-pyrrole nitrogens is 1. The van der Waals surface area contributed by atoms with Crippen LogP contribution in [0, 0.1) is 6.92 Å². The van der Waals surface area contributed by atoms with Crippen molar-refractivity contribution in [1.82, 2.24) is 9.97 Å². The minimum atomic E-state index is 0.719. The van der Waals surface area contributed by atoms with Crippen LogP contribution in [0.1, 0.15) is 16.8 Å². The van der Waals surface area contributed by atoms with Crippen molar-refractivity contribution >= 4 is 34.8 Å². The molecule has 1 aliphatic rings. The summed E-state index contributed by atoms with van der Waals surface area (Å²) in [6.07, 6.45) is 1.84. The topological polar surface area (TPSA) is 41.0 Å². The molecule has 136 valence electrons. The molecule has 2 heterocycles. The van der Waals surface area contributed by atoms with E-state index in [1.807, 2.05) is 37.4 Å². The fourth-order valence-electron chi connectivity index (χ4n) is 3.28. The maximum Gasteiger partial charge on any atom is 0.137 e. The summed E-state index contributed by atoms with van der Waals surface area (Å²) in [6.45, 7) is 2.00. The van der Waals surface area contributed by atoms with Crippen molar-refractivity contribution in [3.05, 3.63) is 94.8 Å². The number of halogens is 1. The first kappa shape index (κ1) is 17.3. The summed E-state index contributed by atoms with van der Waals surface area (Å²) in [4.78, 5) is 15.2. The highest BCUT2D eigenvalue weighted by atomic mass is 35.5. The van der Waals surface area contributed by atoms with Gasteiger partial charge >= 0.3 is 0 Å². The van der Waals surface area contributed by atoms with Crippen molar-refractivity contribution < 1.29 is 0 Å². The van der Waals surface area contributed by atoms with Gasteiger partial charge in [0.1, 0.15) is 5.82 Å². The van der Waals surface area contributed by atoms with Gasteiger partial charge in [-0.1, -0.05) is 53.7 Å². The molecule has 0 amide bonds. The van der Waals surface area contributed by atoms with E-state index in [9.17, 15) is 0 Å². The molecule has 1 aliphatic heterocycles. The summed E-state index contributed by atoms with van der Waals surface area (Å²) < 4.78 is 0. The van der Waals surface area contributed by atoms with Crippen molar-refractivity contribution in [3.63, 3.8) is 0 Å². The standard InChI is InChI=1S/C23H16ClN3S/c1-14-13-25-23(26-14)16-8-11-21-19(12-16)27-22(15-6-9-17(24)10-7-15)18-4-2-3-5-20(18)28-21/h2-13H,1H3,(H,25,26). The van der Waals surface area contributed by atoms with Crippen molar-refractivity contribution in [2.45, 2.75) is 16.7 Å². The molecule has 1 aromatic heterocycles. The minimum absolute atomic E-state index is 0.719. The molecule has 0 bridgehead atoms. The summed E-state index contributed by atoms with van der Waals surface area (Å²) in [5.74, 6) is 0.857. The molecule has 0 unspecified atom stereocenters. The van der Waals surface area contributed by atoms with Gasteiger partial charge in [0, 0.05) is 43.4 Å². The highest BCUT2D eigenvalue weighted by Crippen LogP contribution is 2.42. The number of aromatic nitrogens is 2. The third-order valence-electron chi connectivity index (χ3n) is 4.65. The lowest BCUT2D eigenvalue weighted by Crippen LogP contribution is -2.03. The van der Waals surface area contributed by atoms with Gasteiger partial charge in [-0.2, -0.15) is 0 Å². The van der Waals surface area contributed by atoms with Crippen LogP contribution in [0.15, 0.2) is 87.7 Å². The fourth-order valence-corrected chi connectivity index (χ4v) is 4.41. The number of aryl methyl sites for hydroxylation is 1. The van der Waals surface area contributed by atoms with E-state index in [0.717, 1.165) is 49.5 Å². The zero-order chi connectivity index (χ0) is 19.1. The first-order valence-electron chi connectivity index (χ1n) is 8.95. The van der Waals surface area contributed by atoms with Crippen molar-refractivity contribution in [1.29, 1.82) is 0 Å². The third-order valence-corrected chi connectivity index (χ3v) is 6.04. The zero-order valence-corrected chi connectivity index (χ0v) is 16.7. The smallest absolute Gasteiger partial charge is 0.137 e. The fraction of sp³-hybridized carbons (Fsp3) is 0.0435. The van der Waals surface area contributed by atoms with Crippen LogP contribution in [-0.2, 0) is 0 Å². The second-order valence-corrected chi connectivity index (χ2v) is 8.18. The number of aromatic amines is 1. The van der Waals surface area contributed by atoms with E-state index in [2.05, 4.69) is 52.4 Å². The minimum Gasteiger partial charge on any atom is -0.342 e. The van der Waals surface area contributed by atoms with Gasteiger partial charge in [-0.25, -0.2) is 9.98 Å². The summed E-state index contributed by atoms with van der Waals surface area (Å²) in [7, 11) is 0. The van der Waals surface area contributed by atoms with Gasteiger partial charge in [0.15, 0.2) is 0 Å². The van der Waals surface area contributed by atoms with E-state index in [1.165, 1.54) is 4.90 Å². The van der Waals surface area contributed by atoms with Crippen LogP contribution in [0.3, 0.4) is 0 Å². The average Bonchev–Trinajstić information content (AvgIpc) is 3.07. The van der Waals surface area contributed by atoms with Crippen LogP contribution in [0.5, 0.6) is 0 Å². The molecule has 5 heteroatoms. The van der Waals surface area contributed by atoms with Gasteiger partial charge in [0.2, 0.25) is 0 Å². The molecular weight excluding hydrogens is 386 g/mol. The van der Waals surface area contributed by atoms with Gasteiger partial charge in [0.25, 0.3) is 0 Å². The van der Waals surface area contributed by atoms with E-state index in [1.54, 1.807) is 11.8 Å². The number of imidazole rings is 1. The lowest BCUT2D eigenvalue weighted by molar-refractivity contribution is 1.25. The maximum absolute atomic E-state index is 6.10. The van der Waals surface area contributed by atoms with Gasteiger partial charge < -0.3 is 4.98 Å². The van der Waals surface area contributed by atoms with Crippen molar-refractivity contribution in [3.8, 4) is 11.4 Å². The lowest BCUT2D eigenvalue weighted by Gasteiger charge is -2.09. The Balaban J connectivity index is 1.71. The Morgan fingerprint density at radius 3 is 2.46 bits per heavy atom. The predicted molar refractivity (Wildman–Crippen MR) is 116 cm³/mol. The Bertz CT molecular complexity index is 1210. The number of benzene rings is 3. The van der Waals surface area contributed by atoms with Crippen LogP contribution in [0.4, 0.5) is 5.69 Å². The largest absolute Gasteiger partial charge is 0.342 e. The van der Waals surface area contributed by atoms with Gasteiger partial charge in [-0.05, 0) is 43.3 Å². The Kier molecular flexibility index (Phi) is 4.30. The van der Waals surface area contributed by atoms with Crippen molar-refractivity contribution in [2.24, 2.45) is 4.99 Å². The van der Waals surface area contributed by atoms with Gasteiger partial charge in [-0.3, -0.25) is 0 Å². The third kappa shape index (κ3) is 3.15. The Morgan fingerprint density at radius 1 is 0.893 bits per heavy atom. The molecule has 0 aliphatic carbocycles. The number of fused-ring (bicyclic) bond motifs is 2. The van der Waals surface area contributed by atoms with Crippen LogP contribution in [-0.4, -0.2) is 15.7 Å². The summed E-state index contributed by atoms with van der Waals surface area (Å²) >= 11 is 7.84. The highest BCUT2D eigenvalue weighted by Gasteiger charge is 2.19. The van der Waals surface area contributed by atoms with E-state index in [4.69, 9.17) is 16.6 Å². The van der Waals surface area contributed by atoms with Crippen LogP contribution < -0.4 is 0 Å². The lowest BCUT2D eigenvalue weighted by atomic mass is 10.0. The second-order valence-electron chi connectivity index (χ2n) is 6.66. The Morgan fingerprint density at radius 2 is 1.68 bits per heavy atom. The van der Waals surface area contributed by atoms with Crippen LogP contribution in [0.25, 0.3) is 11.4 Å². The quantitative estimate of drug-likeness (QED) is 0.358. The van der Waals surface area contributed by atoms with E-state index < -0.39 is 0 Å². The number of hydrogen-bond donors (Lipinski definition) is 1. The SMILES string of the molecule is Cc1cnc(-c2ccc3c(c2)N=C(c2ccc(Cl)cc2)c2ccccc2S3)[nH]1. The van der Waals surface area contributed by atoms with Gasteiger partial charge in [0.05, 0.1) is 11.4 Å². The molecule has 0 atom stereocenters. The molecule has 0 saturated carbocycles. The predicted octanol–water partition coefficient (Wildman–Crippen LogP) is 6.67. The summed E-state index contributed by atoms with van der Waals surface area (Å²) in [5.41, 5.74) is 6.13. The van der Waals surface area contributed by atoms with Gasteiger partial charge in [-0.15, -0.1) is 0 Å². The van der Waals surface area contributed by atoms with E-state index in [-0.39, 0.29) is 0 Å². The molecule has 0 spiro atoms. The van der Waals surface area contributed by atoms with E-state index in [0.29, 0.717) is 0 Å². The molecule has 3 nitrogen and oxygen atoms in total. The van der Waals surface area contributed by atoms with Crippen molar-refractivity contribution in [2.75, 3.05) is 0 Å². The molecule has 1 N–H and O–H groups in total. The second kappa shape index (κ2) is 6.97. The molecule has 0 saturated heterocycles. The van der Waals surface area contributed by atoms with Crippen LogP contribution >= 0.6 is 23.4 Å². The molecule has 0 radical (unpaired) electrons. The number of aliphatic imine (C=N–C) groups is 1. The number of rotatable bonds is 2. The van der Waals surface area contributed by atoms with E-state index >= 15 is 0 Å². The number of nitrogens with one attached hydrogen (secondary N) is 1. The van der Waals surface area contributed by atoms with Crippen LogP contribution in [0.2, 0.25) is 5.02 Å². The summed E-state index contributed by atoms with van der Waals surface area (Å²) in [6, 6.07) is 22.6. The zero-order valence-electron chi connectivity index (χ0n) is 15.1. The number of nitrogens with zero attached hydrogens (tertiary/aromatic N) is 2. The number of hydrogen-bond acceptors (Lipinski definition) is 3. The molecular formula is C23H16ClN3S. The molecule has 5 rings (SSSR count). The molecule has 3 aromatic carbocycles. The normalized spacial score (nSPS) is 12.7. The molecule has 0 fully saturated rings. The molecule has 4 aromatic rings. The average molecular weight is 402 g/mol. The first-order chi connectivity index (χ1) is 13.7. The Hall–Kier alpha value is -2.82. The monoisotopic (exact) mass is 401 g/mol. The Labute approximate surface area is 172 Å².